The summed E-state index contributed by atoms with van der Waals surface area (Å²) in [4.78, 5) is 0. The van der Waals surface area contributed by atoms with Gasteiger partial charge in [0.1, 0.15) is 0 Å². The Bertz CT molecular complexity index is 101. The second-order valence-electron chi connectivity index (χ2n) is 2.52. The molecule has 0 spiro atoms. The Balaban J connectivity index is 0. The van der Waals surface area contributed by atoms with Crippen LogP contribution in [-0.2, 0) is 0 Å². The molecular formula is C6H11KOS. The number of hydrogen-bond acceptors (Lipinski definition) is 2. The molecule has 0 atom stereocenters. The van der Waals surface area contributed by atoms with E-state index in [0.717, 1.165) is 6.42 Å². The van der Waals surface area contributed by atoms with Crippen LogP contribution in [0.25, 0.3) is 0 Å². The molecule has 0 unspecified atom stereocenters. The zero-order valence-corrected chi connectivity index (χ0v) is 10.5. The van der Waals surface area contributed by atoms with Gasteiger partial charge in [-0.1, -0.05) is 25.8 Å². The quantitative estimate of drug-likeness (QED) is 0.357. The molecule has 0 fully saturated rings. The maximum atomic E-state index is 10.5. The Morgan fingerprint density at radius 2 is 1.89 bits per heavy atom. The van der Waals surface area contributed by atoms with Gasteiger partial charge in [-0.25, -0.2) is 0 Å². The van der Waals surface area contributed by atoms with E-state index in [1.54, 1.807) is 0 Å². The van der Waals surface area contributed by atoms with E-state index in [-0.39, 0.29) is 61.9 Å². The molecule has 0 aliphatic carbocycles. The minimum absolute atomic E-state index is 0. The first-order chi connectivity index (χ1) is 3.50. The third-order valence-corrected chi connectivity index (χ3v) is 1.99. The van der Waals surface area contributed by atoms with E-state index in [2.05, 4.69) is 12.2 Å². The van der Waals surface area contributed by atoms with Crippen LogP contribution in [0.5, 0.6) is 0 Å². The van der Waals surface area contributed by atoms with E-state index in [1.807, 2.05) is 20.8 Å². The molecule has 0 aromatic carbocycles. The van der Waals surface area contributed by atoms with Crippen molar-refractivity contribution < 1.29 is 56.5 Å². The van der Waals surface area contributed by atoms with Crippen LogP contribution in [0.15, 0.2) is 0 Å². The van der Waals surface area contributed by atoms with E-state index in [0.29, 0.717) is 0 Å². The summed E-state index contributed by atoms with van der Waals surface area (Å²) < 4.78 is 0. The van der Waals surface area contributed by atoms with E-state index in [4.69, 9.17) is 0 Å². The Kier molecular flexibility index (Phi) is 7.61. The monoisotopic (exact) mass is 170 g/mol. The van der Waals surface area contributed by atoms with Gasteiger partial charge in [-0.15, -0.1) is 12.2 Å². The second-order valence-corrected chi connectivity index (χ2v) is 2.90. The molecule has 0 rings (SSSR count). The van der Waals surface area contributed by atoms with Crippen LogP contribution in [-0.4, -0.2) is 5.05 Å². The molecular weight excluding hydrogens is 159 g/mol. The molecule has 9 heavy (non-hydrogen) atoms. The molecule has 0 bridgehead atoms. The topological polar surface area (TPSA) is 23.1 Å². The van der Waals surface area contributed by atoms with E-state index < -0.39 is 0 Å². The standard InChI is InChI=1S/C6H12OS.K/c1-4-6(2,3)5(7)8;/h4H2,1-3H3,(H,7,8);/q;+1/p-1. The number of hydrogen-bond donors (Lipinski definition) is 0. The molecule has 0 aromatic rings. The van der Waals surface area contributed by atoms with Crippen molar-refractivity contribution in [3.05, 3.63) is 0 Å². The fourth-order valence-electron chi connectivity index (χ4n) is 0.144. The average molecular weight is 170 g/mol. The average Bonchev–Trinajstić information content (AvgIpc) is 1.67. The molecule has 0 amide bonds. The second kappa shape index (κ2) is 5.21. The smallest absolute Gasteiger partial charge is 0.867 e. The zero-order chi connectivity index (χ0) is 6.78. The van der Waals surface area contributed by atoms with E-state index >= 15 is 0 Å². The molecule has 3 heteroatoms. The van der Waals surface area contributed by atoms with Gasteiger partial charge < -0.3 is 5.11 Å². The van der Waals surface area contributed by atoms with Gasteiger partial charge in [0, 0.05) is 0 Å². The van der Waals surface area contributed by atoms with E-state index in [9.17, 15) is 5.11 Å². The first-order valence-electron chi connectivity index (χ1n) is 2.72. The van der Waals surface area contributed by atoms with Gasteiger partial charge in [0.2, 0.25) is 0 Å². The van der Waals surface area contributed by atoms with Gasteiger partial charge in [0.05, 0.1) is 0 Å². The molecule has 0 saturated carbocycles. The summed E-state index contributed by atoms with van der Waals surface area (Å²) in [6.07, 6.45) is 0.829. The minimum atomic E-state index is -0.282. The normalized spacial score (nSPS) is 10.1. The molecule has 1 nitrogen and oxygen atoms in total. The molecule has 0 radical (unpaired) electrons. The van der Waals surface area contributed by atoms with Crippen LogP contribution in [0, 0.1) is 5.41 Å². The maximum absolute atomic E-state index is 10.5. The van der Waals surface area contributed by atoms with Crippen LogP contribution >= 0.6 is 12.2 Å². The number of thiocarbonyl (C=S) groups is 1. The van der Waals surface area contributed by atoms with Crippen molar-refractivity contribution in [2.24, 2.45) is 5.41 Å². The van der Waals surface area contributed by atoms with Crippen LogP contribution in [0.3, 0.4) is 0 Å². The molecule has 0 aliphatic rings. The largest absolute Gasteiger partial charge is 1.00 e. The van der Waals surface area contributed by atoms with E-state index in [1.165, 1.54) is 0 Å². The van der Waals surface area contributed by atoms with Crippen molar-refractivity contribution in [1.29, 1.82) is 0 Å². The van der Waals surface area contributed by atoms with Gasteiger partial charge >= 0.3 is 51.4 Å². The molecule has 0 aromatic heterocycles. The predicted molar refractivity (Wildman–Crippen MR) is 36.7 cm³/mol. The Morgan fingerprint density at radius 1 is 1.56 bits per heavy atom. The summed E-state index contributed by atoms with van der Waals surface area (Å²) >= 11 is 4.48. The van der Waals surface area contributed by atoms with Gasteiger partial charge in [-0.05, 0) is 11.8 Å². The summed E-state index contributed by atoms with van der Waals surface area (Å²) in [6, 6.07) is 0. The van der Waals surface area contributed by atoms with Crippen LogP contribution in [0.2, 0.25) is 0 Å². The Morgan fingerprint density at radius 3 is 1.89 bits per heavy atom. The van der Waals surface area contributed by atoms with Crippen molar-refractivity contribution in [3.8, 4) is 0 Å². The van der Waals surface area contributed by atoms with Gasteiger partial charge in [0.15, 0.2) is 0 Å². The fraction of sp³-hybridized carbons (Fsp3) is 0.833. The first-order valence-corrected chi connectivity index (χ1v) is 3.13. The third kappa shape index (κ3) is 4.87. The summed E-state index contributed by atoms with van der Waals surface area (Å²) in [5.41, 5.74) is -0.282. The Labute approximate surface area is 105 Å². The fourth-order valence-corrected chi connectivity index (χ4v) is 0.289. The third-order valence-electron chi connectivity index (χ3n) is 1.44. The van der Waals surface area contributed by atoms with Crippen molar-refractivity contribution >= 4 is 17.3 Å². The molecule has 0 aliphatic heterocycles. The van der Waals surface area contributed by atoms with Crippen LogP contribution in [0.4, 0.5) is 0 Å². The van der Waals surface area contributed by atoms with Gasteiger partial charge in [-0.3, -0.25) is 0 Å². The number of rotatable bonds is 2. The molecule has 0 N–H and O–H groups in total. The predicted octanol–water partition coefficient (Wildman–Crippen LogP) is -1.89. The minimum Gasteiger partial charge on any atom is -0.867 e. The van der Waals surface area contributed by atoms with Crippen LogP contribution < -0.4 is 56.5 Å². The molecule has 48 valence electrons. The van der Waals surface area contributed by atoms with Crippen molar-refractivity contribution in [2.75, 3.05) is 0 Å². The van der Waals surface area contributed by atoms with Gasteiger partial charge in [-0.2, -0.15) is 0 Å². The van der Waals surface area contributed by atoms with Crippen LogP contribution in [0.1, 0.15) is 27.2 Å². The van der Waals surface area contributed by atoms with Crippen molar-refractivity contribution in [2.45, 2.75) is 27.2 Å². The molecule has 0 heterocycles. The summed E-state index contributed by atoms with van der Waals surface area (Å²) in [7, 11) is 0. The SMILES string of the molecule is CCC(C)(C)C([O-])=S.[K+]. The summed E-state index contributed by atoms with van der Waals surface area (Å²) in [6.45, 7) is 5.69. The Hall–Kier alpha value is 1.53. The maximum Gasteiger partial charge on any atom is 1.00 e. The van der Waals surface area contributed by atoms with Crippen molar-refractivity contribution in [3.63, 3.8) is 0 Å². The first kappa shape index (κ1) is 13.1. The summed E-state index contributed by atoms with van der Waals surface area (Å²) in [5, 5.41) is 10.4. The zero-order valence-electron chi connectivity index (χ0n) is 6.52. The molecule has 0 saturated heterocycles. The van der Waals surface area contributed by atoms with Gasteiger partial charge in [0.25, 0.3) is 0 Å². The summed E-state index contributed by atoms with van der Waals surface area (Å²) in [5.74, 6) is 0. The van der Waals surface area contributed by atoms with Crippen molar-refractivity contribution in [1.82, 2.24) is 0 Å².